The molecule has 2 N–H and O–H groups in total. The van der Waals surface area contributed by atoms with Crippen LogP contribution in [0.3, 0.4) is 0 Å². The molecule has 1 aromatic carbocycles. The fourth-order valence-corrected chi connectivity index (χ4v) is 1.91. The number of urea groups is 1. The molecule has 16 heavy (non-hydrogen) atoms. The van der Waals surface area contributed by atoms with Gasteiger partial charge in [0, 0.05) is 26.0 Å². The highest BCUT2D eigenvalue weighted by Gasteiger charge is 2.19. The number of carbonyl (C=O) groups excluding carboxylic acids is 1. The van der Waals surface area contributed by atoms with Crippen LogP contribution >= 0.6 is 24.2 Å². The summed E-state index contributed by atoms with van der Waals surface area (Å²) in [7, 11) is 3.36. The predicted molar refractivity (Wildman–Crippen MR) is 72.4 cm³/mol. The van der Waals surface area contributed by atoms with Crippen molar-refractivity contribution in [2.24, 2.45) is 5.73 Å². The molecule has 0 saturated carbocycles. The number of hydrogen-bond donors (Lipinski definition) is 1. The zero-order valence-electron chi connectivity index (χ0n) is 9.08. The Bertz CT molecular complexity index is 381. The largest absolute Gasteiger partial charge is 0.383 e. The van der Waals surface area contributed by atoms with E-state index >= 15 is 0 Å². The summed E-state index contributed by atoms with van der Waals surface area (Å²) in [6, 6.07) is 9.06. The number of carbonyl (C=O) groups is 1. The van der Waals surface area contributed by atoms with E-state index in [9.17, 15) is 4.79 Å². The van der Waals surface area contributed by atoms with Crippen LogP contribution in [0.2, 0.25) is 0 Å². The molecule has 0 aliphatic heterocycles. The fraction of sp³-hybridized carbons (Fsp3) is 0.200. The van der Waals surface area contributed by atoms with E-state index in [0.29, 0.717) is 0 Å². The molecule has 0 aromatic heterocycles. The number of anilines is 1. The van der Waals surface area contributed by atoms with Crippen molar-refractivity contribution in [1.29, 1.82) is 0 Å². The van der Waals surface area contributed by atoms with Crippen molar-refractivity contribution in [3.05, 3.63) is 30.3 Å². The molecule has 86 valence electrons. The van der Waals surface area contributed by atoms with Crippen LogP contribution in [0.1, 0.15) is 0 Å². The Morgan fingerprint density at radius 1 is 1.31 bits per heavy atom. The van der Waals surface area contributed by atoms with Gasteiger partial charge in [0.2, 0.25) is 0 Å². The minimum atomic E-state index is -0.177. The van der Waals surface area contributed by atoms with Crippen LogP contribution in [0.25, 0.3) is 0 Å². The molecule has 0 aliphatic carbocycles. The third kappa shape index (κ3) is 3.39. The number of para-hydroxylation sites is 1. The molecular weight excluding hydrogens is 242 g/mol. The summed E-state index contributed by atoms with van der Waals surface area (Å²) in [6.07, 6.45) is 0. The second-order valence-electron chi connectivity index (χ2n) is 3.22. The zero-order chi connectivity index (χ0) is 12.1. The normalized spacial score (nSPS) is 9.62. The van der Waals surface area contributed by atoms with Crippen molar-refractivity contribution in [2.75, 3.05) is 18.4 Å². The summed E-state index contributed by atoms with van der Waals surface area (Å²) in [5.41, 5.74) is 6.20. The van der Waals surface area contributed by atoms with Gasteiger partial charge in [-0.3, -0.25) is 0 Å². The average molecular weight is 255 g/mol. The SMILES string of the molecule is CN(C)C(=O)N(SC(N)=S)c1ccccc1. The molecule has 1 aromatic rings. The Kier molecular flexibility index (Phi) is 4.57. The van der Waals surface area contributed by atoms with Crippen LogP contribution in [-0.4, -0.2) is 29.3 Å². The summed E-state index contributed by atoms with van der Waals surface area (Å²) in [4.78, 5) is 13.4. The number of thiocarbonyl (C=S) groups is 1. The Hall–Kier alpha value is -1.27. The summed E-state index contributed by atoms with van der Waals surface area (Å²) in [5, 5.41) is 0. The van der Waals surface area contributed by atoms with E-state index in [4.69, 9.17) is 18.0 Å². The highest BCUT2D eigenvalue weighted by molar-refractivity contribution is 8.24. The van der Waals surface area contributed by atoms with Crippen LogP contribution in [0, 0.1) is 0 Å². The van der Waals surface area contributed by atoms with Gasteiger partial charge in [0.25, 0.3) is 0 Å². The van der Waals surface area contributed by atoms with Gasteiger partial charge >= 0.3 is 6.03 Å². The lowest BCUT2D eigenvalue weighted by molar-refractivity contribution is 0.228. The first-order valence-corrected chi connectivity index (χ1v) is 5.74. The highest BCUT2D eigenvalue weighted by Crippen LogP contribution is 2.23. The van der Waals surface area contributed by atoms with Gasteiger partial charge in [-0.1, -0.05) is 30.4 Å². The van der Waals surface area contributed by atoms with Gasteiger partial charge in [-0.25, -0.2) is 9.10 Å². The summed E-state index contributed by atoms with van der Waals surface area (Å²) < 4.78 is 1.67. The van der Waals surface area contributed by atoms with Crippen molar-refractivity contribution in [1.82, 2.24) is 4.90 Å². The Labute approximate surface area is 105 Å². The molecule has 0 fully saturated rings. The topological polar surface area (TPSA) is 49.6 Å². The van der Waals surface area contributed by atoms with Gasteiger partial charge < -0.3 is 10.6 Å². The monoisotopic (exact) mass is 255 g/mol. The van der Waals surface area contributed by atoms with Crippen molar-refractivity contribution >= 4 is 40.2 Å². The maximum Gasteiger partial charge on any atom is 0.334 e. The number of nitrogens with two attached hydrogens (primary N) is 1. The Balaban J connectivity index is 2.96. The fourth-order valence-electron chi connectivity index (χ4n) is 1.04. The number of amides is 2. The summed E-state index contributed by atoms with van der Waals surface area (Å²) >= 11 is 5.85. The van der Waals surface area contributed by atoms with E-state index in [0.717, 1.165) is 17.6 Å². The van der Waals surface area contributed by atoms with Crippen LogP contribution in [-0.2, 0) is 0 Å². The number of hydrogen-bond acceptors (Lipinski definition) is 3. The minimum absolute atomic E-state index is 0.177. The van der Waals surface area contributed by atoms with E-state index < -0.39 is 0 Å². The Morgan fingerprint density at radius 3 is 2.31 bits per heavy atom. The third-order valence-corrected chi connectivity index (χ3v) is 2.68. The van der Waals surface area contributed by atoms with E-state index in [1.807, 2.05) is 30.3 Å². The molecule has 0 saturated heterocycles. The van der Waals surface area contributed by atoms with Crippen molar-refractivity contribution < 1.29 is 4.79 Å². The smallest absolute Gasteiger partial charge is 0.334 e. The lowest BCUT2D eigenvalue weighted by Gasteiger charge is -2.23. The molecule has 0 heterocycles. The van der Waals surface area contributed by atoms with Crippen molar-refractivity contribution in [3.63, 3.8) is 0 Å². The van der Waals surface area contributed by atoms with E-state index in [2.05, 4.69) is 0 Å². The molecule has 0 unspecified atom stereocenters. The van der Waals surface area contributed by atoms with Crippen LogP contribution < -0.4 is 10.0 Å². The Morgan fingerprint density at radius 2 is 1.88 bits per heavy atom. The van der Waals surface area contributed by atoms with Crippen LogP contribution in [0.5, 0.6) is 0 Å². The maximum atomic E-state index is 11.9. The summed E-state index contributed by atoms with van der Waals surface area (Å²) in [6.45, 7) is 0. The molecule has 2 amide bonds. The minimum Gasteiger partial charge on any atom is -0.383 e. The van der Waals surface area contributed by atoms with Gasteiger partial charge in [-0.05, 0) is 12.1 Å². The average Bonchev–Trinajstić information content (AvgIpc) is 2.26. The third-order valence-electron chi connectivity index (χ3n) is 1.73. The number of benzene rings is 1. The van der Waals surface area contributed by atoms with Crippen molar-refractivity contribution in [3.8, 4) is 0 Å². The first-order valence-electron chi connectivity index (χ1n) is 4.56. The standard InChI is InChI=1S/C10H13N3OS2/c1-12(2)10(14)13(16-9(11)15)8-6-4-3-5-7-8/h3-7H,1-2H3,(H2,11,15). The van der Waals surface area contributed by atoms with Crippen molar-refractivity contribution in [2.45, 2.75) is 0 Å². The lowest BCUT2D eigenvalue weighted by atomic mass is 10.3. The van der Waals surface area contributed by atoms with E-state index in [-0.39, 0.29) is 10.4 Å². The molecule has 0 spiro atoms. The van der Waals surface area contributed by atoms with Gasteiger partial charge in [0.1, 0.15) is 0 Å². The van der Waals surface area contributed by atoms with E-state index in [1.54, 1.807) is 14.1 Å². The van der Waals surface area contributed by atoms with Gasteiger partial charge in [0.05, 0.1) is 5.69 Å². The molecule has 6 heteroatoms. The molecule has 0 aliphatic rings. The molecule has 0 radical (unpaired) electrons. The molecule has 0 atom stereocenters. The lowest BCUT2D eigenvalue weighted by Crippen LogP contribution is -2.36. The summed E-state index contributed by atoms with van der Waals surface area (Å²) in [5.74, 6) is 0. The quantitative estimate of drug-likeness (QED) is 0.616. The maximum absolute atomic E-state index is 11.9. The number of rotatable bonds is 1. The van der Waals surface area contributed by atoms with E-state index in [1.165, 1.54) is 9.21 Å². The zero-order valence-corrected chi connectivity index (χ0v) is 10.7. The molecular formula is C10H13N3OS2. The molecule has 1 rings (SSSR count). The van der Waals surface area contributed by atoms with Gasteiger partial charge in [-0.15, -0.1) is 0 Å². The van der Waals surface area contributed by atoms with Crippen LogP contribution in [0.15, 0.2) is 30.3 Å². The second-order valence-corrected chi connectivity index (χ2v) is 4.90. The predicted octanol–water partition coefficient (Wildman–Crippen LogP) is 2.07. The second kappa shape index (κ2) is 5.72. The van der Waals surface area contributed by atoms with Gasteiger partial charge in [-0.2, -0.15) is 0 Å². The van der Waals surface area contributed by atoms with Crippen LogP contribution in [0.4, 0.5) is 10.5 Å². The number of nitrogens with zero attached hydrogens (tertiary/aromatic N) is 2. The molecule has 4 nitrogen and oxygen atoms in total. The first kappa shape index (κ1) is 12.8. The van der Waals surface area contributed by atoms with Gasteiger partial charge in [0.15, 0.2) is 4.32 Å². The molecule has 0 bridgehead atoms. The highest BCUT2D eigenvalue weighted by atomic mass is 32.2. The first-order chi connectivity index (χ1) is 7.52.